The molecule has 0 amide bonds. The van der Waals surface area contributed by atoms with E-state index in [-0.39, 0.29) is 12.1 Å². The van der Waals surface area contributed by atoms with Crippen molar-refractivity contribution in [2.45, 2.75) is 31.9 Å². The number of hydrogen-bond acceptors (Lipinski definition) is 4. The van der Waals surface area contributed by atoms with Crippen molar-refractivity contribution >= 4 is 17.1 Å². The summed E-state index contributed by atoms with van der Waals surface area (Å²) in [6, 6.07) is 17.5. The molecule has 0 bridgehead atoms. The highest BCUT2D eigenvalue weighted by Crippen LogP contribution is 2.25. The molecule has 4 nitrogen and oxygen atoms in total. The molecule has 0 spiro atoms. The number of rotatable bonds is 5. The third-order valence-electron chi connectivity index (χ3n) is 4.99. The standard InChI is InChI=1S/C21H29N3O/c1-16(22-18-6-10-19(11-7-18)23(2)3)17-4-8-20(9-5-17)24-14-12-21(25)13-15-24/h4-11,16,21-22,25H,12-15H2,1-3H3. The van der Waals surface area contributed by atoms with Crippen LogP contribution in [0.3, 0.4) is 0 Å². The Labute approximate surface area is 151 Å². The van der Waals surface area contributed by atoms with Crippen molar-refractivity contribution in [1.82, 2.24) is 0 Å². The number of nitrogens with one attached hydrogen (secondary N) is 1. The maximum Gasteiger partial charge on any atom is 0.0574 e. The number of aliphatic hydroxyl groups excluding tert-OH is 1. The number of aliphatic hydroxyl groups is 1. The summed E-state index contributed by atoms with van der Waals surface area (Å²) in [5, 5.41) is 13.2. The molecule has 25 heavy (non-hydrogen) atoms. The van der Waals surface area contributed by atoms with Gasteiger partial charge in [0, 0.05) is 50.3 Å². The lowest BCUT2D eigenvalue weighted by molar-refractivity contribution is 0.145. The van der Waals surface area contributed by atoms with Gasteiger partial charge in [0.25, 0.3) is 0 Å². The Bertz CT molecular complexity index is 659. The van der Waals surface area contributed by atoms with Crippen LogP contribution in [0.5, 0.6) is 0 Å². The Balaban J connectivity index is 1.61. The van der Waals surface area contributed by atoms with Crippen LogP contribution in [-0.2, 0) is 0 Å². The molecule has 2 N–H and O–H groups in total. The number of benzene rings is 2. The summed E-state index contributed by atoms with van der Waals surface area (Å²) in [6.07, 6.45) is 1.60. The van der Waals surface area contributed by atoms with E-state index >= 15 is 0 Å². The first-order valence-corrected chi connectivity index (χ1v) is 9.10. The summed E-state index contributed by atoms with van der Waals surface area (Å²) in [5.74, 6) is 0. The summed E-state index contributed by atoms with van der Waals surface area (Å²) in [4.78, 5) is 4.46. The molecular weight excluding hydrogens is 310 g/mol. The van der Waals surface area contributed by atoms with E-state index in [9.17, 15) is 5.11 Å². The number of nitrogens with zero attached hydrogens (tertiary/aromatic N) is 2. The molecular formula is C21H29N3O. The Morgan fingerprint density at radius 2 is 1.60 bits per heavy atom. The van der Waals surface area contributed by atoms with Crippen molar-refractivity contribution in [3.05, 3.63) is 54.1 Å². The van der Waals surface area contributed by atoms with Crippen LogP contribution in [0.2, 0.25) is 0 Å². The monoisotopic (exact) mass is 339 g/mol. The van der Waals surface area contributed by atoms with E-state index < -0.39 is 0 Å². The minimum absolute atomic E-state index is 0.126. The molecule has 0 aromatic heterocycles. The molecule has 4 heteroatoms. The predicted octanol–water partition coefficient (Wildman–Crippen LogP) is 3.89. The molecule has 134 valence electrons. The number of piperidine rings is 1. The fourth-order valence-corrected chi connectivity index (χ4v) is 3.29. The van der Waals surface area contributed by atoms with Crippen LogP contribution in [0.15, 0.2) is 48.5 Å². The first-order valence-electron chi connectivity index (χ1n) is 9.10. The summed E-state index contributed by atoms with van der Waals surface area (Å²) in [5.41, 5.74) is 4.86. The fraction of sp³-hybridized carbons (Fsp3) is 0.429. The molecule has 1 aliphatic rings. The molecule has 1 aliphatic heterocycles. The second-order valence-electron chi connectivity index (χ2n) is 7.12. The van der Waals surface area contributed by atoms with Gasteiger partial charge in [-0.3, -0.25) is 0 Å². The van der Waals surface area contributed by atoms with E-state index in [0.29, 0.717) is 0 Å². The lowest BCUT2D eigenvalue weighted by atomic mass is 10.0. The van der Waals surface area contributed by atoms with Gasteiger partial charge in [0.2, 0.25) is 0 Å². The average molecular weight is 339 g/mol. The summed E-state index contributed by atoms with van der Waals surface area (Å²) in [6.45, 7) is 4.06. The Morgan fingerprint density at radius 1 is 1.00 bits per heavy atom. The summed E-state index contributed by atoms with van der Waals surface area (Å²) in [7, 11) is 4.10. The van der Waals surface area contributed by atoms with Crippen molar-refractivity contribution < 1.29 is 5.11 Å². The van der Waals surface area contributed by atoms with Crippen molar-refractivity contribution in [2.75, 3.05) is 42.3 Å². The summed E-state index contributed by atoms with van der Waals surface area (Å²) < 4.78 is 0. The zero-order valence-electron chi connectivity index (χ0n) is 15.4. The van der Waals surface area contributed by atoms with Crippen LogP contribution in [0.25, 0.3) is 0 Å². The van der Waals surface area contributed by atoms with E-state index in [1.807, 2.05) is 0 Å². The third-order valence-corrected chi connectivity index (χ3v) is 4.99. The Kier molecular flexibility index (Phi) is 5.49. The first-order chi connectivity index (χ1) is 12.0. The van der Waals surface area contributed by atoms with E-state index in [1.165, 1.54) is 16.9 Å². The van der Waals surface area contributed by atoms with Gasteiger partial charge >= 0.3 is 0 Å². The quantitative estimate of drug-likeness (QED) is 0.867. The largest absolute Gasteiger partial charge is 0.393 e. The lowest BCUT2D eigenvalue weighted by Gasteiger charge is -2.31. The smallest absolute Gasteiger partial charge is 0.0574 e. The van der Waals surface area contributed by atoms with Crippen LogP contribution in [0.4, 0.5) is 17.1 Å². The molecule has 0 aliphatic carbocycles. The van der Waals surface area contributed by atoms with Crippen LogP contribution in [-0.4, -0.2) is 38.4 Å². The maximum atomic E-state index is 9.64. The maximum absolute atomic E-state index is 9.64. The second kappa shape index (κ2) is 7.79. The summed E-state index contributed by atoms with van der Waals surface area (Å²) >= 11 is 0. The molecule has 1 unspecified atom stereocenters. The van der Waals surface area contributed by atoms with Gasteiger partial charge in [0.05, 0.1) is 6.10 Å². The van der Waals surface area contributed by atoms with Gasteiger partial charge in [0.1, 0.15) is 0 Å². The molecule has 0 saturated carbocycles. The van der Waals surface area contributed by atoms with Crippen LogP contribution in [0.1, 0.15) is 31.4 Å². The highest BCUT2D eigenvalue weighted by Gasteiger charge is 2.17. The molecule has 3 rings (SSSR count). The molecule has 0 radical (unpaired) electrons. The van der Waals surface area contributed by atoms with Gasteiger partial charge in [-0.2, -0.15) is 0 Å². The Hall–Kier alpha value is -2.20. The van der Waals surface area contributed by atoms with Crippen molar-refractivity contribution in [1.29, 1.82) is 0 Å². The zero-order chi connectivity index (χ0) is 17.8. The van der Waals surface area contributed by atoms with E-state index in [0.717, 1.165) is 31.6 Å². The molecule has 2 aromatic carbocycles. The normalized spacial score (nSPS) is 16.6. The van der Waals surface area contributed by atoms with E-state index in [2.05, 4.69) is 84.7 Å². The van der Waals surface area contributed by atoms with E-state index in [1.54, 1.807) is 0 Å². The first kappa shape index (κ1) is 17.6. The zero-order valence-corrected chi connectivity index (χ0v) is 15.4. The van der Waals surface area contributed by atoms with Gasteiger partial charge in [-0.1, -0.05) is 12.1 Å². The molecule has 1 fully saturated rings. The fourth-order valence-electron chi connectivity index (χ4n) is 3.29. The van der Waals surface area contributed by atoms with Crippen LogP contribution < -0.4 is 15.1 Å². The van der Waals surface area contributed by atoms with Gasteiger partial charge in [-0.25, -0.2) is 0 Å². The molecule has 2 aromatic rings. The molecule has 1 heterocycles. The van der Waals surface area contributed by atoms with E-state index in [4.69, 9.17) is 0 Å². The second-order valence-corrected chi connectivity index (χ2v) is 7.12. The van der Waals surface area contributed by atoms with Crippen LogP contribution in [0, 0.1) is 0 Å². The highest BCUT2D eigenvalue weighted by molar-refractivity contribution is 5.55. The number of anilines is 3. The Morgan fingerprint density at radius 3 is 2.16 bits per heavy atom. The molecule has 1 saturated heterocycles. The molecule has 1 atom stereocenters. The van der Waals surface area contributed by atoms with Crippen molar-refractivity contribution in [3.8, 4) is 0 Å². The minimum atomic E-state index is -0.126. The van der Waals surface area contributed by atoms with Crippen molar-refractivity contribution in [3.63, 3.8) is 0 Å². The lowest BCUT2D eigenvalue weighted by Crippen LogP contribution is -2.35. The predicted molar refractivity (Wildman–Crippen MR) is 107 cm³/mol. The topological polar surface area (TPSA) is 38.7 Å². The van der Waals surface area contributed by atoms with Gasteiger partial charge in [0.15, 0.2) is 0 Å². The minimum Gasteiger partial charge on any atom is -0.393 e. The SMILES string of the molecule is CC(Nc1ccc(N(C)C)cc1)c1ccc(N2CCC(O)CC2)cc1. The van der Waals surface area contributed by atoms with Gasteiger partial charge in [-0.15, -0.1) is 0 Å². The highest BCUT2D eigenvalue weighted by atomic mass is 16.3. The van der Waals surface area contributed by atoms with Crippen LogP contribution >= 0.6 is 0 Å². The van der Waals surface area contributed by atoms with Crippen molar-refractivity contribution in [2.24, 2.45) is 0 Å². The van der Waals surface area contributed by atoms with Gasteiger partial charge < -0.3 is 20.2 Å². The average Bonchev–Trinajstić information content (AvgIpc) is 2.63. The number of hydrogen-bond donors (Lipinski definition) is 2. The van der Waals surface area contributed by atoms with Gasteiger partial charge in [-0.05, 0) is 61.7 Å². The third kappa shape index (κ3) is 4.45.